The average Bonchev–Trinajstić information content (AvgIpc) is 3.09. The van der Waals surface area contributed by atoms with Crippen LogP contribution in [0.5, 0.6) is 11.5 Å². The number of nitrogens with one attached hydrogen (secondary N) is 2. The minimum atomic E-state index is -0.588. The van der Waals surface area contributed by atoms with Crippen molar-refractivity contribution in [2.24, 2.45) is 0 Å². The van der Waals surface area contributed by atoms with E-state index in [1.54, 1.807) is 12.1 Å². The molecule has 2 N–H and O–H groups in total. The highest BCUT2D eigenvalue weighted by atomic mass is 35.5. The SMILES string of the molecule is N#C/C(=C/NCc1ccc2c(c1)OCO2)C(=O)Nc1cc(Cl)ccc1Cl. The number of nitriles is 1. The van der Waals surface area contributed by atoms with E-state index in [-0.39, 0.29) is 12.4 Å². The molecule has 132 valence electrons. The van der Waals surface area contributed by atoms with Gasteiger partial charge in [0.25, 0.3) is 5.91 Å². The van der Waals surface area contributed by atoms with Gasteiger partial charge in [-0.15, -0.1) is 0 Å². The van der Waals surface area contributed by atoms with Crippen molar-refractivity contribution in [2.45, 2.75) is 6.54 Å². The molecule has 0 spiro atoms. The van der Waals surface area contributed by atoms with Gasteiger partial charge < -0.3 is 20.1 Å². The molecule has 0 saturated carbocycles. The summed E-state index contributed by atoms with van der Waals surface area (Å²) in [6.45, 7) is 0.615. The number of fused-ring (bicyclic) bond motifs is 1. The molecule has 0 atom stereocenters. The molecule has 1 aliphatic rings. The lowest BCUT2D eigenvalue weighted by Crippen LogP contribution is -2.16. The highest BCUT2D eigenvalue weighted by molar-refractivity contribution is 6.35. The summed E-state index contributed by atoms with van der Waals surface area (Å²) >= 11 is 11.9. The number of anilines is 1. The highest BCUT2D eigenvalue weighted by Gasteiger charge is 2.14. The highest BCUT2D eigenvalue weighted by Crippen LogP contribution is 2.32. The van der Waals surface area contributed by atoms with Gasteiger partial charge in [-0.1, -0.05) is 29.3 Å². The molecule has 2 aromatic rings. The fraction of sp³-hybridized carbons (Fsp3) is 0.111. The maximum atomic E-state index is 12.2. The number of carbonyl (C=O) groups excluding carboxylic acids is 1. The smallest absolute Gasteiger partial charge is 0.267 e. The summed E-state index contributed by atoms with van der Waals surface area (Å²) in [5.41, 5.74) is 1.16. The molecule has 1 heterocycles. The van der Waals surface area contributed by atoms with Gasteiger partial charge in [-0.3, -0.25) is 4.79 Å². The van der Waals surface area contributed by atoms with Crippen molar-refractivity contribution in [3.8, 4) is 17.6 Å². The van der Waals surface area contributed by atoms with Gasteiger partial charge in [-0.25, -0.2) is 0 Å². The molecule has 1 aliphatic heterocycles. The van der Waals surface area contributed by atoms with Gasteiger partial charge in [-0.2, -0.15) is 5.26 Å². The van der Waals surface area contributed by atoms with E-state index in [1.165, 1.54) is 12.3 Å². The maximum absolute atomic E-state index is 12.2. The third-order valence-corrected chi connectivity index (χ3v) is 4.10. The zero-order chi connectivity index (χ0) is 18.5. The summed E-state index contributed by atoms with van der Waals surface area (Å²) in [7, 11) is 0. The fourth-order valence-corrected chi connectivity index (χ4v) is 2.59. The maximum Gasteiger partial charge on any atom is 0.267 e. The van der Waals surface area contributed by atoms with Crippen molar-refractivity contribution in [1.29, 1.82) is 5.26 Å². The molecule has 1 amide bonds. The van der Waals surface area contributed by atoms with Crippen molar-refractivity contribution >= 4 is 34.8 Å². The van der Waals surface area contributed by atoms with Crippen LogP contribution in [0.1, 0.15) is 5.56 Å². The van der Waals surface area contributed by atoms with E-state index in [4.69, 9.17) is 32.7 Å². The van der Waals surface area contributed by atoms with E-state index in [0.29, 0.717) is 33.8 Å². The molecule has 0 saturated heterocycles. The average molecular weight is 390 g/mol. The van der Waals surface area contributed by atoms with Crippen LogP contribution in [0.25, 0.3) is 0 Å². The van der Waals surface area contributed by atoms with Crippen molar-refractivity contribution in [2.75, 3.05) is 12.1 Å². The summed E-state index contributed by atoms with van der Waals surface area (Å²) < 4.78 is 10.6. The number of benzene rings is 2. The monoisotopic (exact) mass is 389 g/mol. The van der Waals surface area contributed by atoms with Crippen LogP contribution in [0.3, 0.4) is 0 Å². The number of halogens is 2. The van der Waals surface area contributed by atoms with Gasteiger partial charge in [0, 0.05) is 17.8 Å². The van der Waals surface area contributed by atoms with Crippen molar-refractivity contribution in [3.63, 3.8) is 0 Å². The molecule has 0 radical (unpaired) electrons. The van der Waals surface area contributed by atoms with Crippen molar-refractivity contribution in [3.05, 3.63) is 63.8 Å². The van der Waals surface area contributed by atoms with E-state index in [9.17, 15) is 10.1 Å². The summed E-state index contributed by atoms with van der Waals surface area (Å²) in [6, 6.07) is 12.0. The summed E-state index contributed by atoms with van der Waals surface area (Å²) in [5.74, 6) is 0.775. The van der Waals surface area contributed by atoms with Crippen molar-refractivity contribution < 1.29 is 14.3 Å². The minimum Gasteiger partial charge on any atom is -0.454 e. The number of rotatable bonds is 5. The third-order valence-electron chi connectivity index (χ3n) is 3.53. The summed E-state index contributed by atoms with van der Waals surface area (Å²) in [5, 5.41) is 15.5. The molecule has 6 nitrogen and oxygen atoms in total. The van der Waals surface area contributed by atoms with Crippen LogP contribution in [-0.2, 0) is 11.3 Å². The van der Waals surface area contributed by atoms with E-state index in [1.807, 2.05) is 24.3 Å². The number of hydrogen-bond acceptors (Lipinski definition) is 5. The topological polar surface area (TPSA) is 83.4 Å². The number of hydrogen-bond donors (Lipinski definition) is 2. The Labute approximate surface area is 159 Å². The zero-order valence-corrected chi connectivity index (χ0v) is 14.9. The number of carbonyl (C=O) groups is 1. The fourth-order valence-electron chi connectivity index (χ4n) is 2.25. The number of amides is 1. The van der Waals surface area contributed by atoms with E-state index >= 15 is 0 Å². The van der Waals surface area contributed by atoms with Crippen LogP contribution in [0, 0.1) is 11.3 Å². The lowest BCUT2D eigenvalue weighted by Gasteiger charge is -2.08. The molecule has 26 heavy (non-hydrogen) atoms. The zero-order valence-electron chi connectivity index (χ0n) is 13.4. The van der Waals surface area contributed by atoms with E-state index in [2.05, 4.69) is 10.6 Å². The van der Waals surface area contributed by atoms with Crippen molar-refractivity contribution in [1.82, 2.24) is 5.32 Å². The van der Waals surface area contributed by atoms with E-state index in [0.717, 1.165) is 5.56 Å². The predicted octanol–water partition coefficient (Wildman–Crippen LogP) is 3.86. The second-order valence-electron chi connectivity index (χ2n) is 5.32. The van der Waals surface area contributed by atoms with Gasteiger partial charge in [-0.05, 0) is 35.9 Å². The summed E-state index contributed by atoms with van der Waals surface area (Å²) in [6.07, 6.45) is 1.35. The Balaban J connectivity index is 1.63. The Morgan fingerprint density at radius 2 is 2.00 bits per heavy atom. The van der Waals surface area contributed by atoms with Crippen LogP contribution >= 0.6 is 23.2 Å². The van der Waals surface area contributed by atoms with Crippen LogP contribution in [0.15, 0.2) is 48.2 Å². The lowest BCUT2D eigenvalue weighted by molar-refractivity contribution is -0.112. The second-order valence-corrected chi connectivity index (χ2v) is 6.16. The normalized spacial score (nSPS) is 12.4. The van der Waals surface area contributed by atoms with Crippen LogP contribution in [0.2, 0.25) is 10.0 Å². The first-order valence-corrected chi connectivity index (χ1v) is 8.31. The van der Waals surface area contributed by atoms with Crippen LogP contribution < -0.4 is 20.1 Å². The molecular formula is C18H13Cl2N3O3. The van der Waals surface area contributed by atoms with Crippen LogP contribution in [-0.4, -0.2) is 12.7 Å². The molecular weight excluding hydrogens is 377 g/mol. The quantitative estimate of drug-likeness (QED) is 0.599. The second kappa shape index (κ2) is 8.00. The first-order valence-electron chi connectivity index (χ1n) is 7.55. The molecule has 0 bridgehead atoms. The molecule has 0 aliphatic carbocycles. The predicted molar refractivity (Wildman–Crippen MR) is 98.2 cm³/mol. The minimum absolute atomic E-state index is 0.0956. The number of nitrogens with zero attached hydrogens (tertiary/aromatic N) is 1. The first kappa shape index (κ1) is 17.9. The summed E-state index contributed by atoms with van der Waals surface area (Å²) in [4.78, 5) is 12.2. The number of ether oxygens (including phenoxy) is 2. The van der Waals surface area contributed by atoms with Crippen LogP contribution in [0.4, 0.5) is 5.69 Å². The molecule has 0 unspecified atom stereocenters. The molecule has 3 rings (SSSR count). The van der Waals surface area contributed by atoms with Gasteiger partial charge >= 0.3 is 0 Å². The molecule has 0 aromatic heterocycles. The van der Waals surface area contributed by atoms with E-state index < -0.39 is 5.91 Å². The molecule has 2 aromatic carbocycles. The molecule has 0 fully saturated rings. The van der Waals surface area contributed by atoms with Gasteiger partial charge in [0.1, 0.15) is 11.6 Å². The van der Waals surface area contributed by atoms with Gasteiger partial charge in [0.15, 0.2) is 11.5 Å². The Morgan fingerprint density at radius 3 is 2.81 bits per heavy atom. The Kier molecular flexibility index (Phi) is 5.52. The Bertz CT molecular complexity index is 922. The standard InChI is InChI=1S/C18H13Cl2N3O3/c19-13-2-3-14(20)15(6-13)23-18(24)12(7-21)9-22-8-11-1-4-16-17(5-11)26-10-25-16/h1-6,9,22H,8,10H2,(H,23,24)/b12-9-. The van der Waals surface area contributed by atoms with Gasteiger partial charge in [0.2, 0.25) is 6.79 Å². The first-order chi connectivity index (χ1) is 12.6. The third kappa shape index (κ3) is 4.20. The van der Waals surface area contributed by atoms with Gasteiger partial charge in [0.05, 0.1) is 10.7 Å². The Morgan fingerprint density at radius 1 is 1.19 bits per heavy atom. The Hall–Kier alpha value is -2.88. The lowest BCUT2D eigenvalue weighted by atomic mass is 10.2. The largest absolute Gasteiger partial charge is 0.454 e. The molecule has 8 heteroatoms.